The van der Waals surface area contributed by atoms with Gasteiger partial charge in [0.2, 0.25) is 0 Å². The van der Waals surface area contributed by atoms with Crippen molar-refractivity contribution in [1.82, 2.24) is 0 Å². The van der Waals surface area contributed by atoms with Crippen LogP contribution >= 0.6 is 0 Å². The molecule has 0 aromatic heterocycles. The molecule has 0 saturated heterocycles. The van der Waals surface area contributed by atoms with Gasteiger partial charge in [0.05, 0.1) is 11.6 Å². The molecule has 0 spiro atoms. The summed E-state index contributed by atoms with van der Waals surface area (Å²) in [6, 6.07) is 21.8. The Balaban J connectivity index is 2.02. The predicted molar refractivity (Wildman–Crippen MR) is 79.9 cm³/mol. The van der Waals surface area contributed by atoms with E-state index in [9.17, 15) is 0 Å². The molecule has 0 aliphatic heterocycles. The first kappa shape index (κ1) is 12.3. The predicted octanol–water partition coefficient (Wildman–Crippen LogP) is 4.81. The Labute approximate surface area is 117 Å². The second-order valence-electron chi connectivity index (χ2n) is 4.67. The number of hydrogen-bond donors (Lipinski definition) is 0. The molecule has 3 rings (SSSR count). The van der Waals surface area contributed by atoms with Crippen molar-refractivity contribution in [2.45, 2.75) is 6.92 Å². The van der Waals surface area contributed by atoms with E-state index >= 15 is 0 Å². The number of hydrogen-bond acceptors (Lipinski definition) is 2. The molecular formula is C18H13NO. The summed E-state index contributed by atoms with van der Waals surface area (Å²) in [5.41, 5.74) is 1.60. The highest BCUT2D eigenvalue weighted by Crippen LogP contribution is 2.30. The molecule has 2 heteroatoms. The third-order valence-corrected chi connectivity index (χ3v) is 3.30. The quantitative estimate of drug-likeness (QED) is 0.661. The van der Waals surface area contributed by atoms with Gasteiger partial charge in [-0.25, -0.2) is 0 Å². The molecule has 3 aromatic rings. The Hall–Kier alpha value is -2.79. The third-order valence-electron chi connectivity index (χ3n) is 3.30. The van der Waals surface area contributed by atoms with Gasteiger partial charge in [0.15, 0.2) is 0 Å². The molecule has 0 atom stereocenters. The molecule has 0 amide bonds. The number of benzene rings is 3. The Morgan fingerprint density at radius 2 is 1.75 bits per heavy atom. The number of fused-ring (bicyclic) bond motifs is 1. The molecule has 0 aliphatic carbocycles. The fraction of sp³-hybridized carbons (Fsp3) is 0.0556. The molecule has 0 heterocycles. The summed E-state index contributed by atoms with van der Waals surface area (Å²) in [5.74, 6) is 1.57. The lowest BCUT2D eigenvalue weighted by Gasteiger charge is -2.10. The van der Waals surface area contributed by atoms with Gasteiger partial charge in [0, 0.05) is 5.39 Å². The van der Waals surface area contributed by atoms with Gasteiger partial charge in [-0.2, -0.15) is 5.26 Å². The first-order valence-electron chi connectivity index (χ1n) is 6.44. The Morgan fingerprint density at radius 3 is 2.55 bits per heavy atom. The molecule has 0 saturated carbocycles. The van der Waals surface area contributed by atoms with Crippen LogP contribution in [0.5, 0.6) is 11.5 Å². The zero-order valence-corrected chi connectivity index (χ0v) is 11.1. The molecule has 96 valence electrons. The standard InChI is InChI=1S/C18H13NO/c1-13-11-16(10-9-15(13)12-19)20-18-8-4-6-14-5-2-3-7-17(14)18/h2-11H,1H3. The molecule has 0 fully saturated rings. The summed E-state index contributed by atoms with van der Waals surface area (Å²) in [5, 5.41) is 11.2. The van der Waals surface area contributed by atoms with Gasteiger partial charge in [-0.15, -0.1) is 0 Å². The van der Waals surface area contributed by atoms with Crippen molar-refractivity contribution in [3.8, 4) is 17.6 Å². The maximum atomic E-state index is 8.95. The second-order valence-corrected chi connectivity index (χ2v) is 4.67. The monoisotopic (exact) mass is 259 g/mol. The molecule has 0 unspecified atom stereocenters. The number of aryl methyl sites for hydroxylation is 1. The normalized spacial score (nSPS) is 10.2. The van der Waals surface area contributed by atoms with Gasteiger partial charge < -0.3 is 4.74 Å². The van der Waals surface area contributed by atoms with Crippen molar-refractivity contribution in [1.29, 1.82) is 5.26 Å². The average molecular weight is 259 g/mol. The number of nitriles is 1. The van der Waals surface area contributed by atoms with Gasteiger partial charge in [0.1, 0.15) is 11.5 Å². The van der Waals surface area contributed by atoms with Gasteiger partial charge in [0.25, 0.3) is 0 Å². The van der Waals surface area contributed by atoms with Crippen LogP contribution in [0.4, 0.5) is 0 Å². The van der Waals surface area contributed by atoms with Crippen LogP contribution in [0.15, 0.2) is 60.7 Å². The highest BCUT2D eigenvalue weighted by atomic mass is 16.5. The topological polar surface area (TPSA) is 33.0 Å². The molecule has 0 bridgehead atoms. The van der Waals surface area contributed by atoms with E-state index in [0.717, 1.165) is 27.8 Å². The molecule has 2 nitrogen and oxygen atoms in total. The fourth-order valence-corrected chi connectivity index (χ4v) is 2.24. The lowest BCUT2D eigenvalue weighted by Crippen LogP contribution is -1.88. The van der Waals surface area contributed by atoms with Crippen molar-refractivity contribution in [2.24, 2.45) is 0 Å². The number of ether oxygens (including phenoxy) is 1. The van der Waals surface area contributed by atoms with E-state index < -0.39 is 0 Å². The van der Waals surface area contributed by atoms with Crippen molar-refractivity contribution < 1.29 is 4.74 Å². The fourth-order valence-electron chi connectivity index (χ4n) is 2.24. The van der Waals surface area contributed by atoms with Gasteiger partial charge in [-0.1, -0.05) is 36.4 Å². The van der Waals surface area contributed by atoms with E-state index in [-0.39, 0.29) is 0 Å². The molecule has 0 aliphatic rings. The van der Waals surface area contributed by atoms with Crippen LogP contribution < -0.4 is 4.74 Å². The van der Waals surface area contributed by atoms with Crippen molar-refractivity contribution in [3.05, 3.63) is 71.8 Å². The summed E-state index contributed by atoms with van der Waals surface area (Å²) in [6.45, 7) is 1.91. The van der Waals surface area contributed by atoms with Crippen LogP contribution in [-0.4, -0.2) is 0 Å². The minimum atomic E-state index is 0.676. The van der Waals surface area contributed by atoms with Gasteiger partial charge in [-0.05, 0) is 42.1 Å². The third kappa shape index (κ3) is 2.22. The largest absolute Gasteiger partial charge is 0.457 e. The second kappa shape index (κ2) is 5.07. The van der Waals surface area contributed by atoms with E-state index in [1.54, 1.807) is 6.07 Å². The van der Waals surface area contributed by atoms with Crippen LogP contribution in [0.1, 0.15) is 11.1 Å². The SMILES string of the molecule is Cc1cc(Oc2cccc3ccccc23)ccc1C#N. The van der Waals surface area contributed by atoms with Gasteiger partial charge in [-0.3, -0.25) is 0 Å². The van der Waals surface area contributed by atoms with Crippen LogP contribution in [0, 0.1) is 18.3 Å². The smallest absolute Gasteiger partial charge is 0.135 e. The lowest BCUT2D eigenvalue weighted by molar-refractivity contribution is 0.488. The molecular weight excluding hydrogens is 246 g/mol. The van der Waals surface area contributed by atoms with E-state index in [4.69, 9.17) is 10.00 Å². The minimum absolute atomic E-state index is 0.676. The first-order chi connectivity index (χ1) is 9.78. The van der Waals surface area contributed by atoms with Crippen molar-refractivity contribution in [3.63, 3.8) is 0 Å². The maximum Gasteiger partial charge on any atom is 0.135 e. The van der Waals surface area contributed by atoms with Crippen LogP contribution in [-0.2, 0) is 0 Å². The van der Waals surface area contributed by atoms with E-state index in [2.05, 4.69) is 18.2 Å². The zero-order chi connectivity index (χ0) is 13.9. The molecule has 3 aromatic carbocycles. The summed E-state index contributed by atoms with van der Waals surface area (Å²) in [4.78, 5) is 0. The molecule has 20 heavy (non-hydrogen) atoms. The Kier molecular flexibility index (Phi) is 3.10. The Bertz CT molecular complexity index is 810. The first-order valence-corrected chi connectivity index (χ1v) is 6.44. The Morgan fingerprint density at radius 1 is 0.950 bits per heavy atom. The van der Waals surface area contributed by atoms with E-state index in [1.165, 1.54) is 0 Å². The van der Waals surface area contributed by atoms with E-state index in [1.807, 2.05) is 49.4 Å². The maximum absolute atomic E-state index is 8.95. The highest BCUT2D eigenvalue weighted by Gasteiger charge is 2.04. The number of nitrogens with zero attached hydrogens (tertiary/aromatic N) is 1. The molecule has 0 radical (unpaired) electrons. The van der Waals surface area contributed by atoms with Crippen LogP contribution in [0.3, 0.4) is 0 Å². The molecule has 0 N–H and O–H groups in total. The van der Waals surface area contributed by atoms with E-state index in [0.29, 0.717) is 5.56 Å². The highest BCUT2D eigenvalue weighted by molar-refractivity contribution is 5.88. The summed E-state index contributed by atoms with van der Waals surface area (Å²) < 4.78 is 5.96. The van der Waals surface area contributed by atoms with Gasteiger partial charge >= 0.3 is 0 Å². The lowest BCUT2D eigenvalue weighted by atomic mass is 10.1. The average Bonchev–Trinajstić information content (AvgIpc) is 2.48. The summed E-state index contributed by atoms with van der Waals surface area (Å²) in [6.07, 6.45) is 0. The summed E-state index contributed by atoms with van der Waals surface area (Å²) in [7, 11) is 0. The van der Waals surface area contributed by atoms with Crippen molar-refractivity contribution in [2.75, 3.05) is 0 Å². The number of rotatable bonds is 2. The van der Waals surface area contributed by atoms with Crippen LogP contribution in [0.2, 0.25) is 0 Å². The summed E-state index contributed by atoms with van der Waals surface area (Å²) >= 11 is 0. The van der Waals surface area contributed by atoms with Crippen LogP contribution in [0.25, 0.3) is 10.8 Å². The zero-order valence-electron chi connectivity index (χ0n) is 11.1. The van der Waals surface area contributed by atoms with Crippen molar-refractivity contribution >= 4 is 10.8 Å². The minimum Gasteiger partial charge on any atom is -0.457 e.